The normalized spacial score (nSPS) is 27.9. The second kappa shape index (κ2) is 10.6. The molecule has 0 bridgehead atoms. The number of hydrogen-bond donors (Lipinski definition) is 2. The Morgan fingerprint density at radius 1 is 1.22 bits per heavy atom. The third kappa shape index (κ3) is 5.24. The predicted octanol–water partition coefficient (Wildman–Crippen LogP) is 1.14. The lowest BCUT2D eigenvalue weighted by Gasteiger charge is -2.37. The van der Waals surface area contributed by atoms with Crippen molar-refractivity contribution < 1.29 is 19.1 Å². The van der Waals surface area contributed by atoms with Crippen LogP contribution in [-0.2, 0) is 20.9 Å². The largest absolute Gasteiger partial charge is 0.497 e. The summed E-state index contributed by atoms with van der Waals surface area (Å²) in [4.78, 5) is 29.6. The molecule has 4 atom stereocenters. The molecule has 3 heterocycles. The minimum Gasteiger partial charge on any atom is -0.497 e. The minimum absolute atomic E-state index is 0.106. The molecular weight excluding hydrogens is 408 g/mol. The standard InChI is InChI=1S/C24H36N4O4/c1-31-16-20-4-3-11-27(20)23(29)10-7-19-14-26-24(30)22-12-18(15-28(19)22)25-13-17-5-8-21(32-2)9-6-17/h5-6,8-9,18-20,22,25H,3-4,7,10-16H2,1-2H3,(H,26,30)/t18-,19-,20-,22+/m0/s1. The van der Waals surface area contributed by atoms with Crippen molar-refractivity contribution in [1.29, 1.82) is 0 Å². The van der Waals surface area contributed by atoms with E-state index in [1.807, 2.05) is 17.0 Å². The number of carbonyl (C=O) groups is 2. The Morgan fingerprint density at radius 3 is 2.78 bits per heavy atom. The van der Waals surface area contributed by atoms with Crippen LogP contribution in [0.25, 0.3) is 0 Å². The van der Waals surface area contributed by atoms with E-state index in [9.17, 15) is 9.59 Å². The molecule has 0 radical (unpaired) electrons. The Labute approximate surface area is 190 Å². The summed E-state index contributed by atoms with van der Waals surface area (Å²) in [5, 5.41) is 6.68. The van der Waals surface area contributed by atoms with Gasteiger partial charge < -0.3 is 25.0 Å². The second-order valence-corrected chi connectivity index (χ2v) is 9.15. The minimum atomic E-state index is -0.106. The van der Waals surface area contributed by atoms with E-state index in [2.05, 4.69) is 27.7 Å². The van der Waals surface area contributed by atoms with Gasteiger partial charge >= 0.3 is 0 Å². The summed E-state index contributed by atoms with van der Waals surface area (Å²) < 4.78 is 10.5. The number of piperazine rings is 1. The summed E-state index contributed by atoms with van der Waals surface area (Å²) in [6.07, 6.45) is 4.17. The maximum Gasteiger partial charge on any atom is 0.237 e. The second-order valence-electron chi connectivity index (χ2n) is 9.15. The molecule has 0 aromatic heterocycles. The van der Waals surface area contributed by atoms with Gasteiger partial charge in [-0.3, -0.25) is 14.5 Å². The van der Waals surface area contributed by atoms with Gasteiger partial charge in [-0.1, -0.05) is 12.1 Å². The van der Waals surface area contributed by atoms with Crippen LogP contribution in [-0.4, -0.2) is 86.2 Å². The number of fused-ring (bicyclic) bond motifs is 1. The highest BCUT2D eigenvalue weighted by Gasteiger charge is 2.43. The highest BCUT2D eigenvalue weighted by Crippen LogP contribution is 2.27. The summed E-state index contributed by atoms with van der Waals surface area (Å²) in [6.45, 7) is 3.66. The average molecular weight is 445 g/mol. The summed E-state index contributed by atoms with van der Waals surface area (Å²) >= 11 is 0. The van der Waals surface area contributed by atoms with Crippen molar-refractivity contribution in [3.8, 4) is 5.75 Å². The molecule has 0 unspecified atom stereocenters. The molecule has 3 aliphatic rings. The topological polar surface area (TPSA) is 83.1 Å². The van der Waals surface area contributed by atoms with Crippen molar-refractivity contribution in [2.75, 3.05) is 40.5 Å². The molecule has 3 fully saturated rings. The van der Waals surface area contributed by atoms with Crippen molar-refractivity contribution in [3.05, 3.63) is 29.8 Å². The Balaban J connectivity index is 1.29. The Bertz CT molecular complexity index is 787. The molecular formula is C24H36N4O4. The maximum absolute atomic E-state index is 12.8. The number of ether oxygens (including phenoxy) is 2. The lowest BCUT2D eigenvalue weighted by atomic mass is 10.0. The van der Waals surface area contributed by atoms with E-state index in [1.165, 1.54) is 5.56 Å². The fourth-order valence-corrected chi connectivity index (χ4v) is 5.36. The summed E-state index contributed by atoms with van der Waals surface area (Å²) in [5.74, 6) is 1.18. The first-order chi connectivity index (χ1) is 15.6. The van der Waals surface area contributed by atoms with Crippen LogP contribution in [0.5, 0.6) is 5.75 Å². The molecule has 1 aromatic rings. The number of rotatable bonds is 9. The Kier molecular flexibility index (Phi) is 7.65. The van der Waals surface area contributed by atoms with Crippen LogP contribution in [0.4, 0.5) is 0 Å². The zero-order valence-corrected chi connectivity index (χ0v) is 19.2. The third-order valence-corrected chi connectivity index (χ3v) is 7.12. The van der Waals surface area contributed by atoms with E-state index in [1.54, 1.807) is 14.2 Å². The summed E-state index contributed by atoms with van der Waals surface area (Å²) in [5.41, 5.74) is 1.19. The number of methoxy groups -OCH3 is 2. The van der Waals surface area contributed by atoms with Gasteiger partial charge in [0.2, 0.25) is 11.8 Å². The predicted molar refractivity (Wildman–Crippen MR) is 121 cm³/mol. The van der Waals surface area contributed by atoms with E-state index in [-0.39, 0.29) is 36.0 Å². The number of likely N-dealkylation sites (tertiary alicyclic amines) is 1. The monoisotopic (exact) mass is 444 g/mol. The number of carbonyl (C=O) groups excluding carboxylic acids is 2. The van der Waals surface area contributed by atoms with Crippen molar-refractivity contribution in [1.82, 2.24) is 20.4 Å². The van der Waals surface area contributed by atoms with Gasteiger partial charge in [0.25, 0.3) is 0 Å². The molecule has 0 saturated carbocycles. The van der Waals surface area contributed by atoms with Crippen molar-refractivity contribution in [2.45, 2.75) is 62.8 Å². The summed E-state index contributed by atoms with van der Waals surface area (Å²) in [7, 11) is 3.36. The van der Waals surface area contributed by atoms with Crippen molar-refractivity contribution in [2.24, 2.45) is 0 Å². The molecule has 2 N–H and O–H groups in total. The molecule has 3 saturated heterocycles. The van der Waals surface area contributed by atoms with Crippen molar-refractivity contribution >= 4 is 11.8 Å². The van der Waals surface area contributed by atoms with Gasteiger partial charge in [0.1, 0.15) is 5.75 Å². The maximum atomic E-state index is 12.8. The van der Waals surface area contributed by atoms with Gasteiger partial charge in [-0.25, -0.2) is 0 Å². The average Bonchev–Trinajstić information content (AvgIpc) is 3.45. The molecule has 3 aliphatic heterocycles. The number of nitrogens with one attached hydrogen (secondary N) is 2. The number of amides is 2. The lowest BCUT2D eigenvalue weighted by molar-refractivity contribution is -0.133. The number of benzene rings is 1. The van der Waals surface area contributed by atoms with Crippen LogP contribution < -0.4 is 15.4 Å². The fourth-order valence-electron chi connectivity index (χ4n) is 5.36. The lowest BCUT2D eigenvalue weighted by Crippen LogP contribution is -2.58. The first kappa shape index (κ1) is 23.0. The van der Waals surface area contributed by atoms with Gasteiger partial charge in [0, 0.05) is 51.8 Å². The van der Waals surface area contributed by atoms with Crippen LogP contribution in [0.3, 0.4) is 0 Å². The third-order valence-electron chi connectivity index (χ3n) is 7.12. The van der Waals surface area contributed by atoms with Crippen molar-refractivity contribution in [3.63, 3.8) is 0 Å². The number of nitrogens with zero attached hydrogens (tertiary/aromatic N) is 2. The smallest absolute Gasteiger partial charge is 0.237 e. The quantitative estimate of drug-likeness (QED) is 0.595. The van der Waals surface area contributed by atoms with Crippen LogP contribution >= 0.6 is 0 Å². The van der Waals surface area contributed by atoms with E-state index in [0.717, 1.165) is 51.1 Å². The fraction of sp³-hybridized carbons (Fsp3) is 0.667. The molecule has 2 amide bonds. The summed E-state index contributed by atoms with van der Waals surface area (Å²) in [6, 6.07) is 8.62. The van der Waals surface area contributed by atoms with Crippen LogP contribution in [0.15, 0.2) is 24.3 Å². The number of hydrogen-bond acceptors (Lipinski definition) is 6. The van der Waals surface area contributed by atoms with Crippen LogP contribution in [0.1, 0.15) is 37.7 Å². The molecule has 0 spiro atoms. The van der Waals surface area contributed by atoms with Gasteiger partial charge in [-0.05, 0) is 43.4 Å². The molecule has 32 heavy (non-hydrogen) atoms. The van der Waals surface area contributed by atoms with E-state index in [0.29, 0.717) is 19.6 Å². The van der Waals surface area contributed by atoms with Crippen LogP contribution in [0.2, 0.25) is 0 Å². The van der Waals surface area contributed by atoms with E-state index >= 15 is 0 Å². The SMILES string of the molecule is COC[C@@H]1CCCN1C(=O)CC[C@H]1CNC(=O)[C@H]2C[C@H](NCc3ccc(OC)cc3)CN12. The van der Waals surface area contributed by atoms with E-state index in [4.69, 9.17) is 9.47 Å². The zero-order valence-electron chi connectivity index (χ0n) is 19.2. The highest BCUT2D eigenvalue weighted by atomic mass is 16.5. The molecule has 176 valence electrons. The first-order valence-corrected chi connectivity index (χ1v) is 11.8. The first-order valence-electron chi connectivity index (χ1n) is 11.8. The Hall–Kier alpha value is -2.16. The molecule has 0 aliphatic carbocycles. The molecule has 1 aromatic carbocycles. The Morgan fingerprint density at radius 2 is 2.03 bits per heavy atom. The molecule has 8 nitrogen and oxygen atoms in total. The zero-order chi connectivity index (χ0) is 22.5. The van der Waals surface area contributed by atoms with Gasteiger partial charge in [-0.15, -0.1) is 0 Å². The van der Waals surface area contributed by atoms with Crippen LogP contribution in [0, 0.1) is 0 Å². The molecule has 4 rings (SSSR count). The van der Waals surface area contributed by atoms with E-state index < -0.39 is 0 Å². The molecule has 8 heteroatoms. The van der Waals surface area contributed by atoms with Gasteiger partial charge in [-0.2, -0.15) is 0 Å². The van der Waals surface area contributed by atoms with Gasteiger partial charge in [0.15, 0.2) is 0 Å². The van der Waals surface area contributed by atoms with Gasteiger partial charge in [0.05, 0.1) is 25.8 Å². The highest BCUT2D eigenvalue weighted by molar-refractivity contribution is 5.83.